The van der Waals surface area contributed by atoms with Crippen molar-refractivity contribution in [2.75, 3.05) is 0 Å². The van der Waals surface area contributed by atoms with Crippen molar-refractivity contribution in [2.24, 2.45) is 5.92 Å². The average Bonchev–Trinajstić information content (AvgIpc) is 2.37. The molecule has 1 saturated carbocycles. The summed E-state index contributed by atoms with van der Waals surface area (Å²) in [6.07, 6.45) is 2.07. The monoisotopic (exact) mass is 270 g/mol. The quantitative estimate of drug-likeness (QED) is 0.886. The lowest BCUT2D eigenvalue weighted by Crippen LogP contribution is -2.46. The van der Waals surface area contributed by atoms with Gasteiger partial charge in [-0.2, -0.15) is 0 Å². The van der Waals surface area contributed by atoms with Gasteiger partial charge in [-0.15, -0.1) is 0 Å². The third-order valence-electron chi connectivity index (χ3n) is 4.17. The molecule has 0 aliphatic heterocycles. The van der Waals surface area contributed by atoms with Crippen LogP contribution >= 0.6 is 0 Å². The molecular weight excluding hydrogens is 250 g/mol. The van der Waals surface area contributed by atoms with E-state index in [1.807, 2.05) is 0 Å². The van der Waals surface area contributed by atoms with E-state index in [2.05, 4.69) is 6.92 Å². The summed E-state index contributed by atoms with van der Waals surface area (Å²) in [5.41, 5.74) is -0.601. The second kappa shape index (κ2) is 5.55. The van der Waals surface area contributed by atoms with Crippen LogP contribution in [-0.4, -0.2) is 21.9 Å². The molecule has 1 aromatic carbocycles. The molecule has 0 aromatic heterocycles. The van der Waals surface area contributed by atoms with E-state index in [1.54, 1.807) is 0 Å². The SMILES string of the molecule is CC1CCC(O)(C(O)Cc2ccc(F)c(F)c2)CC1. The average molecular weight is 270 g/mol. The van der Waals surface area contributed by atoms with Crippen LogP contribution < -0.4 is 0 Å². The Kier molecular flexibility index (Phi) is 4.21. The first-order chi connectivity index (χ1) is 8.90. The van der Waals surface area contributed by atoms with Crippen LogP contribution in [0.1, 0.15) is 38.2 Å². The van der Waals surface area contributed by atoms with Crippen LogP contribution in [0.25, 0.3) is 0 Å². The van der Waals surface area contributed by atoms with E-state index in [-0.39, 0.29) is 6.42 Å². The molecule has 0 heterocycles. The van der Waals surface area contributed by atoms with Gasteiger partial charge in [0.05, 0.1) is 11.7 Å². The summed E-state index contributed by atoms with van der Waals surface area (Å²) in [7, 11) is 0. The summed E-state index contributed by atoms with van der Waals surface area (Å²) in [6, 6.07) is 3.56. The van der Waals surface area contributed by atoms with Gasteiger partial charge in [0.15, 0.2) is 11.6 Å². The van der Waals surface area contributed by atoms with Gasteiger partial charge in [0, 0.05) is 6.42 Å². The number of hydrogen-bond acceptors (Lipinski definition) is 2. The summed E-state index contributed by atoms with van der Waals surface area (Å²) < 4.78 is 25.9. The molecular formula is C15H20F2O2. The van der Waals surface area contributed by atoms with E-state index in [0.29, 0.717) is 24.3 Å². The highest BCUT2D eigenvalue weighted by molar-refractivity contribution is 5.19. The van der Waals surface area contributed by atoms with E-state index in [0.717, 1.165) is 25.0 Å². The van der Waals surface area contributed by atoms with Crippen LogP contribution in [0.3, 0.4) is 0 Å². The molecule has 4 heteroatoms. The van der Waals surface area contributed by atoms with E-state index >= 15 is 0 Å². The Morgan fingerprint density at radius 2 is 1.89 bits per heavy atom. The minimum atomic E-state index is -1.10. The molecule has 1 aliphatic carbocycles. The number of aliphatic hydroxyl groups excluding tert-OH is 1. The maximum absolute atomic E-state index is 13.1. The smallest absolute Gasteiger partial charge is 0.159 e. The van der Waals surface area contributed by atoms with Crippen LogP contribution in [0.4, 0.5) is 8.78 Å². The number of benzene rings is 1. The lowest BCUT2D eigenvalue weighted by Gasteiger charge is -2.38. The first kappa shape index (κ1) is 14.4. The van der Waals surface area contributed by atoms with Gasteiger partial charge in [-0.1, -0.05) is 13.0 Å². The molecule has 19 heavy (non-hydrogen) atoms. The minimum absolute atomic E-state index is 0.141. The third-order valence-corrected chi connectivity index (χ3v) is 4.17. The molecule has 0 amide bonds. The Hall–Kier alpha value is -1.00. The van der Waals surface area contributed by atoms with Crippen LogP contribution in [0.15, 0.2) is 18.2 Å². The van der Waals surface area contributed by atoms with Crippen LogP contribution in [0, 0.1) is 17.6 Å². The number of aliphatic hydroxyl groups is 2. The predicted molar refractivity (Wildman–Crippen MR) is 68.7 cm³/mol. The standard InChI is InChI=1S/C15H20F2O2/c1-10-4-6-15(19,7-5-10)14(18)9-11-2-3-12(16)13(17)8-11/h2-3,8,10,14,18-19H,4-7,9H2,1H3. The van der Waals surface area contributed by atoms with Crippen molar-refractivity contribution >= 4 is 0 Å². The summed E-state index contributed by atoms with van der Waals surface area (Å²) >= 11 is 0. The number of hydrogen-bond donors (Lipinski definition) is 2. The molecule has 0 spiro atoms. The maximum Gasteiger partial charge on any atom is 0.159 e. The van der Waals surface area contributed by atoms with Gasteiger partial charge in [0.2, 0.25) is 0 Å². The normalized spacial score (nSPS) is 29.2. The van der Waals surface area contributed by atoms with Crippen molar-refractivity contribution in [1.29, 1.82) is 0 Å². The molecule has 0 radical (unpaired) electrons. The van der Waals surface area contributed by atoms with Crippen molar-refractivity contribution < 1.29 is 19.0 Å². The molecule has 2 nitrogen and oxygen atoms in total. The van der Waals surface area contributed by atoms with Crippen molar-refractivity contribution in [3.63, 3.8) is 0 Å². The molecule has 0 bridgehead atoms. The van der Waals surface area contributed by atoms with Crippen LogP contribution in [0.5, 0.6) is 0 Å². The second-order valence-corrected chi connectivity index (χ2v) is 5.75. The van der Waals surface area contributed by atoms with Gasteiger partial charge in [0.1, 0.15) is 0 Å². The fourth-order valence-corrected chi connectivity index (χ4v) is 2.68. The van der Waals surface area contributed by atoms with E-state index in [1.165, 1.54) is 6.07 Å². The summed E-state index contributed by atoms with van der Waals surface area (Å²) in [6.45, 7) is 2.13. The maximum atomic E-state index is 13.1. The highest BCUT2D eigenvalue weighted by Gasteiger charge is 2.38. The van der Waals surface area contributed by atoms with Crippen molar-refractivity contribution in [2.45, 2.75) is 50.7 Å². The van der Waals surface area contributed by atoms with Crippen LogP contribution in [0.2, 0.25) is 0 Å². The van der Waals surface area contributed by atoms with Crippen molar-refractivity contribution in [1.82, 2.24) is 0 Å². The Bertz CT molecular complexity index is 440. The largest absolute Gasteiger partial charge is 0.390 e. The summed E-state index contributed by atoms with van der Waals surface area (Å²) in [5, 5.41) is 20.6. The minimum Gasteiger partial charge on any atom is -0.390 e. The van der Waals surface area contributed by atoms with E-state index in [4.69, 9.17) is 0 Å². The van der Waals surface area contributed by atoms with Crippen molar-refractivity contribution in [3.05, 3.63) is 35.4 Å². The highest BCUT2D eigenvalue weighted by Crippen LogP contribution is 2.35. The van der Waals surface area contributed by atoms with Gasteiger partial charge >= 0.3 is 0 Å². The van der Waals surface area contributed by atoms with Gasteiger partial charge in [0.25, 0.3) is 0 Å². The number of halogens is 2. The topological polar surface area (TPSA) is 40.5 Å². The molecule has 1 fully saturated rings. The Balaban J connectivity index is 2.03. The lowest BCUT2D eigenvalue weighted by atomic mass is 9.75. The number of rotatable bonds is 3. The molecule has 1 aliphatic rings. The Morgan fingerprint density at radius 3 is 2.47 bits per heavy atom. The van der Waals surface area contributed by atoms with Gasteiger partial charge in [-0.3, -0.25) is 0 Å². The lowest BCUT2D eigenvalue weighted by molar-refractivity contribution is -0.102. The molecule has 2 rings (SSSR count). The third kappa shape index (κ3) is 3.31. The molecule has 106 valence electrons. The van der Waals surface area contributed by atoms with Gasteiger partial charge < -0.3 is 10.2 Å². The fourth-order valence-electron chi connectivity index (χ4n) is 2.68. The van der Waals surface area contributed by atoms with Crippen molar-refractivity contribution in [3.8, 4) is 0 Å². The Morgan fingerprint density at radius 1 is 1.26 bits per heavy atom. The Labute approximate surface area is 112 Å². The van der Waals surface area contributed by atoms with Gasteiger partial charge in [-0.25, -0.2) is 8.78 Å². The summed E-state index contributed by atoms with van der Waals surface area (Å²) in [4.78, 5) is 0. The first-order valence-electron chi connectivity index (χ1n) is 6.75. The first-order valence-corrected chi connectivity index (χ1v) is 6.75. The zero-order valence-corrected chi connectivity index (χ0v) is 11.1. The highest BCUT2D eigenvalue weighted by atomic mass is 19.2. The predicted octanol–water partition coefficient (Wildman–Crippen LogP) is 2.81. The zero-order chi connectivity index (χ0) is 14.0. The molecule has 1 aromatic rings. The molecule has 1 unspecified atom stereocenters. The molecule has 2 N–H and O–H groups in total. The fraction of sp³-hybridized carbons (Fsp3) is 0.600. The molecule has 1 atom stereocenters. The zero-order valence-electron chi connectivity index (χ0n) is 11.1. The van der Waals surface area contributed by atoms with Crippen LogP contribution in [-0.2, 0) is 6.42 Å². The summed E-state index contributed by atoms with van der Waals surface area (Å²) in [5.74, 6) is -1.26. The second-order valence-electron chi connectivity index (χ2n) is 5.75. The van der Waals surface area contributed by atoms with E-state index in [9.17, 15) is 19.0 Å². The van der Waals surface area contributed by atoms with E-state index < -0.39 is 23.3 Å². The molecule has 0 saturated heterocycles. The van der Waals surface area contributed by atoms with Gasteiger partial charge in [-0.05, 0) is 49.3 Å².